The molecule has 0 aliphatic rings. The molecule has 0 aromatic rings. The van der Waals surface area contributed by atoms with Gasteiger partial charge in [0.25, 0.3) is 0 Å². The van der Waals surface area contributed by atoms with Crippen molar-refractivity contribution >= 4 is 0 Å². The molecule has 0 aromatic heterocycles. The summed E-state index contributed by atoms with van der Waals surface area (Å²) < 4.78 is 225. The summed E-state index contributed by atoms with van der Waals surface area (Å²) in [5.74, 6) is -56.3. The average molecular weight is 534 g/mol. The topological polar surface area (TPSA) is 29.5 Å². The lowest BCUT2D eigenvalue weighted by Crippen LogP contribution is -2.74. The van der Waals surface area contributed by atoms with Gasteiger partial charge in [0.05, 0.1) is 19.5 Å². The maximum atomic E-state index is 13.5. The van der Waals surface area contributed by atoms with Gasteiger partial charge < -0.3 is 9.84 Å². The van der Waals surface area contributed by atoms with E-state index in [1.54, 1.807) is 0 Å². The molecule has 0 saturated carbocycles. The van der Waals surface area contributed by atoms with Crippen LogP contribution in [0.15, 0.2) is 12.3 Å². The Hall–Kier alpha value is -1.69. The third kappa shape index (κ3) is 4.91. The highest BCUT2D eigenvalue weighted by atomic mass is 19.4. The number of alkyl halides is 17. The smallest absolute Gasteiger partial charge is 0.460 e. The van der Waals surface area contributed by atoms with E-state index in [0.29, 0.717) is 6.26 Å². The molecule has 0 aromatic carbocycles. The van der Waals surface area contributed by atoms with E-state index in [1.807, 2.05) is 0 Å². The molecule has 0 fully saturated rings. The number of halogens is 17. The minimum Gasteiger partial charge on any atom is -0.516 e. The fourth-order valence-electron chi connectivity index (χ4n) is 1.88. The monoisotopic (exact) mass is 534 g/mol. The van der Waals surface area contributed by atoms with Crippen LogP contribution in [0.5, 0.6) is 0 Å². The Morgan fingerprint density at radius 2 is 0.879 bits per heavy atom. The van der Waals surface area contributed by atoms with Crippen molar-refractivity contribution in [2.45, 2.75) is 60.5 Å². The van der Waals surface area contributed by atoms with Crippen molar-refractivity contribution in [3.63, 3.8) is 0 Å². The maximum Gasteiger partial charge on any atom is 0.460 e. The standard InChI is InChI=1S/C14H11F17O2/c15-7(16,3-6-33-5-2-1-4-32)8(17,18)9(19,20)10(21,22)11(23,24)12(25,26)13(27,28)14(29,30)31/h1,4,32H,2-3,5-6H2/b4-1-. The third-order valence-corrected chi connectivity index (χ3v) is 3.88. The second-order valence-corrected chi connectivity index (χ2v) is 6.18. The van der Waals surface area contributed by atoms with Crippen molar-refractivity contribution < 1.29 is 84.5 Å². The molecule has 19 heteroatoms. The Labute approximate surface area is 172 Å². The van der Waals surface area contributed by atoms with Gasteiger partial charge in [-0.05, 0) is 12.5 Å². The Bertz CT molecular complexity index is 680. The number of hydrogen-bond donors (Lipinski definition) is 1. The van der Waals surface area contributed by atoms with Crippen LogP contribution in [-0.4, -0.2) is 66.0 Å². The van der Waals surface area contributed by atoms with Crippen molar-refractivity contribution in [2.75, 3.05) is 13.2 Å². The molecule has 2 nitrogen and oxygen atoms in total. The van der Waals surface area contributed by atoms with Gasteiger partial charge in [0, 0.05) is 6.42 Å². The van der Waals surface area contributed by atoms with Crippen LogP contribution >= 0.6 is 0 Å². The van der Waals surface area contributed by atoms with Gasteiger partial charge in [-0.25, -0.2) is 0 Å². The summed E-state index contributed by atoms with van der Waals surface area (Å²) in [6.07, 6.45) is -9.43. The lowest BCUT2D eigenvalue weighted by Gasteiger charge is -2.42. The molecule has 0 heterocycles. The van der Waals surface area contributed by atoms with Crippen LogP contribution in [0.25, 0.3) is 0 Å². The molecule has 198 valence electrons. The van der Waals surface area contributed by atoms with Crippen LogP contribution in [0.1, 0.15) is 12.8 Å². The van der Waals surface area contributed by atoms with Crippen LogP contribution in [0, 0.1) is 0 Å². The Morgan fingerprint density at radius 1 is 0.515 bits per heavy atom. The fraction of sp³-hybridized carbons (Fsp3) is 0.857. The van der Waals surface area contributed by atoms with Gasteiger partial charge in [-0.2, -0.15) is 74.6 Å². The van der Waals surface area contributed by atoms with Gasteiger partial charge in [0.2, 0.25) is 0 Å². The van der Waals surface area contributed by atoms with Crippen molar-refractivity contribution in [1.29, 1.82) is 0 Å². The minimum atomic E-state index is -8.63. The summed E-state index contributed by atoms with van der Waals surface area (Å²) in [5, 5.41) is 8.21. The average Bonchev–Trinajstić information content (AvgIpc) is 2.62. The zero-order valence-electron chi connectivity index (χ0n) is 15.3. The lowest BCUT2D eigenvalue weighted by molar-refractivity contribution is -0.462. The van der Waals surface area contributed by atoms with Gasteiger partial charge >= 0.3 is 47.6 Å². The molecule has 0 aliphatic carbocycles. The zero-order chi connectivity index (χ0) is 26.9. The van der Waals surface area contributed by atoms with E-state index in [4.69, 9.17) is 5.11 Å². The molecule has 33 heavy (non-hydrogen) atoms. The first-order chi connectivity index (χ1) is 14.3. The van der Waals surface area contributed by atoms with Gasteiger partial charge in [-0.3, -0.25) is 0 Å². The first kappa shape index (κ1) is 31.3. The normalized spacial score (nSPS) is 16.0. The van der Waals surface area contributed by atoms with E-state index in [9.17, 15) is 74.6 Å². The van der Waals surface area contributed by atoms with Crippen LogP contribution in [0.4, 0.5) is 74.6 Å². The highest BCUT2D eigenvalue weighted by Gasteiger charge is 2.95. The molecule has 0 spiro atoms. The molecule has 0 aliphatic heterocycles. The van der Waals surface area contributed by atoms with Gasteiger partial charge in [-0.1, -0.05) is 0 Å². The van der Waals surface area contributed by atoms with E-state index >= 15 is 0 Å². The van der Waals surface area contributed by atoms with Gasteiger partial charge in [0.15, 0.2) is 0 Å². The Morgan fingerprint density at radius 3 is 1.24 bits per heavy atom. The quantitative estimate of drug-likeness (QED) is 0.168. The number of aliphatic hydroxyl groups is 1. The molecule has 0 atom stereocenters. The molecule has 0 saturated heterocycles. The summed E-state index contributed by atoms with van der Waals surface area (Å²) in [7, 11) is 0. The Kier molecular flexibility index (Phi) is 8.69. The predicted octanol–water partition coefficient (Wildman–Crippen LogP) is 6.86. The van der Waals surface area contributed by atoms with Crippen molar-refractivity contribution in [2.24, 2.45) is 0 Å². The molecule has 0 bridgehead atoms. The van der Waals surface area contributed by atoms with E-state index < -0.39 is 67.3 Å². The predicted molar refractivity (Wildman–Crippen MR) is 72.5 cm³/mol. The molecule has 0 rings (SSSR count). The third-order valence-electron chi connectivity index (χ3n) is 3.88. The van der Waals surface area contributed by atoms with Crippen LogP contribution < -0.4 is 0 Å². The summed E-state index contributed by atoms with van der Waals surface area (Å²) in [4.78, 5) is 0. The first-order valence-corrected chi connectivity index (χ1v) is 7.89. The van der Waals surface area contributed by atoms with Crippen LogP contribution in [0.2, 0.25) is 0 Å². The van der Waals surface area contributed by atoms with E-state index in [2.05, 4.69) is 4.74 Å². The van der Waals surface area contributed by atoms with Crippen molar-refractivity contribution in [3.8, 4) is 0 Å². The number of aliphatic hydroxyl groups excluding tert-OH is 1. The summed E-state index contributed by atoms with van der Waals surface area (Å²) in [6, 6.07) is 0. The van der Waals surface area contributed by atoms with Crippen LogP contribution in [-0.2, 0) is 4.74 Å². The molecule has 1 N–H and O–H groups in total. The first-order valence-electron chi connectivity index (χ1n) is 7.89. The molecule has 0 unspecified atom stereocenters. The van der Waals surface area contributed by atoms with Gasteiger partial charge in [-0.15, -0.1) is 0 Å². The van der Waals surface area contributed by atoms with Crippen LogP contribution in [0.3, 0.4) is 0 Å². The number of rotatable bonds is 12. The second-order valence-electron chi connectivity index (χ2n) is 6.18. The molecular weight excluding hydrogens is 523 g/mol. The minimum absolute atomic E-state index is 0.290. The number of ether oxygens (including phenoxy) is 1. The summed E-state index contributed by atoms with van der Waals surface area (Å²) in [5.41, 5.74) is 0. The van der Waals surface area contributed by atoms with E-state index in [-0.39, 0.29) is 6.42 Å². The molecule has 0 radical (unpaired) electrons. The largest absolute Gasteiger partial charge is 0.516 e. The highest BCUT2D eigenvalue weighted by Crippen LogP contribution is 2.64. The molecule has 0 amide bonds. The maximum absolute atomic E-state index is 13.5. The summed E-state index contributed by atoms with van der Waals surface area (Å²) >= 11 is 0. The van der Waals surface area contributed by atoms with Crippen molar-refractivity contribution in [3.05, 3.63) is 12.3 Å². The Balaban J connectivity index is 6.16. The van der Waals surface area contributed by atoms with Crippen molar-refractivity contribution in [1.82, 2.24) is 0 Å². The van der Waals surface area contributed by atoms with E-state index in [0.717, 1.165) is 6.08 Å². The lowest BCUT2D eigenvalue weighted by atomic mass is 9.88. The SMILES string of the molecule is O/C=C\CCOCCC(F)(F)C(F)(F)C(F)(F)C(F)(F)C(F)(F)C(F)(F)C(F)(F)C(F)(F)F. The summed E-state index contributed by atoms with van der Waals surface area (Å²) in [6.45, 7) is -2.33. The fourth-order valence-corrected chi connectivity index (χ4v) is 1.88. The zero-order valence-corrected chi connectivity index (χ0v) is 15.3. The number of hydrogen-bond acceptors (Lipinski definition) is 2. The van der Waals surface area contributed by atoms with Gasteiger partial charge in [0.1, 0.15) is 0 Å². The van der Waals surface area contributed by atoms with E-state index in [1.165, 1.54) is 0 Å². The molecular formula is C14H11F17O2. The second kappa shape index (κ2) is 9.16. The highest BCUT2D eigenvalue weighted by molar-refractivity contribution is 5.15.